The fourth-order valence-corrected chi connectivity index (χ4v) is 2.32. The summed E-state index contributed by atoms with van der Waals surface area (Å²) in [4.78, 5) is 10.5. The van der Waals surface area contributed by atoms with Gasteiger partial charge in [0.05, 0.1) is 0 Å². The molecule has 1 aromatic rings. The summed E-state index contributed by atoms with van der Waals surface area (Å²) in [6.07, 6.45) is -0.732. The molecule has 1 atom stereocenters. The van der Waals surface area contributed by atoms with Gasteiger partial charge in [0.2, 0.25) is 0 Å². The Morgan fingerprint density at radius 1 is 1.77 bits per heavy atom. The van der Waals surface area contributed by atoms with E-state index in [9.17, 15) is 4.79 Å². The van der Waals surface area contributed by atoms with Gasteiger partial charge in [-0.25, -0.2) is 4.79 Å². The van der Waals surface area contributed by atoms with Crippen molar-refractivity contribution in [3.63, 3.8) is 0 Å². The van der Waals surface area contributed by atoms with Crippen molar-refractivity contribution in [3.05, 3.63) is 5.51 Å². The van der Waals surface area contributed by atoms with Crippen LogP contribution in [-0.2, 0) is 9.47 Å². The maximum Gasteiger partial charge on any atom is 0.508 e. The van der Waals surface area contributed by atoms with Gasteiger partial charge in [-0.2, -0.15) is 0 Å². The predicted molar refractivity (Wildman–Crippen MR) is 46.9 cm³/mol. The number of carbonyl (C=O) groups is 1. The molecule has 1 aliphatic heterocycles. The van der Waals surface area contributed by atoms with E-state index in [1.54, 1.807) is 5.51 Å². The first-order valence-electron chi connectivity index (χ1n) is 3.57. The minimum Gasteiger partial charge on any atom is -0.430 e. The normalized spacial score (nSPS) is 21.2. The minimum atomic E-state index is -0.581. The third-order valence-corrected chi connectivity index (χ3v) is 3.37. The Labute approximate surface area is 82.4 Å². The molecule has 1 aliphatic rings. The van der Waals surface area contributed by atoms with Crippen LogP contribution in [0.15, 0.2) is 9.85 Å². The lowest BCUT2D eigenvalue weighted by Gasteiger charge is -2.01. The molecule has 0 bridgehead atoms. The highest BCUT2D eigenvalue weighted by Crippen LogP contribution is 2.22. The van der Waals surface area contributed by atoms with Crippen molar-refractivity contribution in [1.29, 1.82) is 0 Å². The summed E-state index contributed by atoms with van der Waals surface area (Å²) in [7, 11) is 0. The third-order valence-electron chi connectivity index (χ3n) is 1.38. The van der Waals surface area contributed by atoms with Gasteiger partial charge in [-0.3, -0.25) is 0 Å². The predicted octanol–water partition coefficient (Wildman–Crippen LogP) is 1.17. The van der Waals surface area contributed by atoms with Crippen LogP contribution in [0.3, 0.4) is 0 Å². The first-order valence-corrected chi connectivity index (χ1v) is 5.43. The molecule has 5 nitrogen and oxygen atoms in total. The lowest BCUT2D eigenvalue weighted by Crippen LogP contribution is -2.12. The molecule has 13 heavy (non-hydrogen) atoms. The van der Waals surface area contributed by atoms with Crippen molar-refractivity contribution in [2.45, 2.75) is 10.4 Å². The number of thioether (sulfide) groups is 1. The van der Waals surface area contributed by atoms with Crippen LogP contribution in [0.2, 0.25) is 0 Å². The van der Waals surface area contributed by atoms with Crippen molar-refractivity contribution in [2.75, 3.05) is 12.4 Å². The van der Waals surface area contributed by atoms with Crippen LogP contribution in [0.1, 0.15) is 0 Å². The molecule has 0 saturated carbocycles. The van der Waals surface area contributed by atoms with Crippen LogP contribution in [0.4, 0.5) is 4.79 Å². The Morgan fingerprint density at radius 2 is 2.69 bits per heavy atom. The minimum absolute atomic E-state index is 0.151. The van der Waals surface area contributed by atoms with Crippen LogP contribution in [0.25, 0.3) is 0 Å². The maximum atomic E-state index is 10.5. The number of carbonyl (C=O) groups excluding carboxylic acids is 1. The largest absolute Gasteiger partial charge is 0.508 e. The zero-order valence-corrected chi connectivity index (χ0v) is 8.14. The number of hydrogen-bond acceptors (Lipinski definition) is 7. The Morgan fingerprint density at radius 3 is 3.31 bits per heavy atom. The molecule has 1 aromatic heterocycles. The summed E-state index contributed by atoms with van der Waals surface area (Å²) in [5, 5.41) is 7.54. The fourth-order valence-electron chi connectivity index (χ4n) is 0.837. The highest BCUT2D eigenvalue weighted by atomic mass is 32.2. The molecule has 0 spiro atoms. The fraction of sp³-hybridized carbons (Fsp3) is 0.500. The highest BCUT2D eigenvalue weighted by Gasteiger charge is 2.25. The van der Waals surface area contributed by atoms with E-state index in [1.165, 1.54) is 23.1 Å². The molecule has 2 heterocycles. The summed E-state index contributed by atoms with van der Waals surface area (Å²) < 4.78 is 10.3. The zero-order valence-electron chi connectivity index (χ0n) is 6.50. The molecular weight excluding hydrogens is 212 g/mol. The molecular formula is C6H6N2O3S2. The molecule has 0 aromatic carbocycles. The summed E-state index contributed by atoms with van der Waals surface area (Å²) in [5.41, 5.74) is 1.67. The average Bonchev–Trinajstić information content (AvgIpc) is 2.71. The van der Waals surface area contributed by atoms with Gasteiger partial charge in [-0.1, -0.05) is 23.1 Å². The number of nitrogens with zero attached hydrogens (tertiary/aromatic N) is 2. The maximum absolute atomic E-state index is 10.5. The zero-order chi connectivity index (χ0) is 9.10. The van der Waals surface area contributed by atoms with E-state index < -0.39 is 6.16 Å². The number of hydrogen-bond donors (Lipinski definition) is 0. The second kappa shape index (κ2) is 3.93. The standard InChI is InChI=1S/C6H6N2O3S2/c9-6-10-1-4(11-6)2-12-5-8-7-3-13-5/h3-4H,1-2H2. The monoisotopic (exact) mass is 218 g/mol. The van der Waals surface area contributed by atoms with Gasteiger partial charge >= 0.3 is 6.16 Å². The van der Waals surface area contributed by atoms with E-state index in [0.717, 1.165) is 4.34 Å². The summed E-state index contributed by atoms with van der Waals surface area (Å²) in [5.74, 6) is 0.668. The Bertz CT molecular complexity index is 290. The Hall–Kier alpha value is -0.820. The Kier molecular flexibility index (Phi) is 2.65. The molecule has 1 saturated heterocycles. The lowest BCUT2D eigenvalue weighted by molar-refractivity contribution is 0.122. The van der Waals surface area contributed by atoms with Crippen LogP contribution >= 0.6 is 23.1 Å². The van der Waals surface area contributed by atoms with E-state index >= 15 is 0 Å². The summed E-state index contributed by atoms with van der Waals surface area (Å²) in [6, 6.07) is 0. The van der Waals surface area contributed by atoms with Crippen molar-refractivity contribution in [1.82, 2.24) is 10.2 Å². The van der Waals surface area contributed by atoms with Crippen LogP contribution in [0, 0.1) is 0 Å². The molecule has 2 rings (SSSR count). The molecule has 1 fully saturated rings. The number of rotatable bonds is 3. The molecule has 70 valence electrons. The smallest absolute Gasteiger partial charge is 0.430 e. The first-order chi connectivity index (χ1) is 6.34. The quantitative estimate of drug-likeness (QED) is 0.560. The molecule has 0 aliphatic carbocycles. The van der Waals surface area contributed by atoms with E-state index in [1.807, 2.05) is 0 Å². The molecule has 0 N–H and O–H groups in total. The lowest BCUT2D eigenvalue weighted by atomic mass is 10.4. The molecule has 0 radical (unpaired) electrons. The third kappa shape index (κ3) is 2.31. The van der Waals surface area contributed by atoms with E-state index in [-0.39, 0.29) is 6.10 Å². The van der Waals surface area contributed by atoms with Crippen molar-refractivity contribution < 1.29 is 14.3 Å². The SMILES string of the molecule is O=C1OCC(CSc2nncs2)O1. The Balaban J connectivity index is 1.77. The molecule has 7 heteroatoms. The molecule has 0 amide bonds. The molecule has 1 unspecified atom stereocenters. The number of cyclic esters (lactones) is 2. The van der Waals surface area contributed by atoms with E-state index in [0.29, 0.717) is 12.4 Å². The average molecular weight is 218 g/mol. The van der Waals surface area contributed by atoms with Gasteiger partial charge in [0.25, 0.3) is 0 Å². The van der Waals surface area contributed by atoms with Crippen LogP contribution in [-0.4, -0.2) is 34.8 Å². The van der Waals surface area contributed by atoms with Crippen molar-refractivity contribution in [2.24, 2.45) is 0 Å². The van der Waals surface area contributed by atoms with Gasteiger partial charge in [-0.15, -0.1) is 10.2 Å². The van der Waals surface area contributed by atoms with E-state index in [4.69, 9.17) is 4.74 Å². The second-order valence-corrected chi connectivity index (χ2v) is 4.42. The highest BCUT2D eigenvalue weighted by molar-refractivity contribution is 8.01. The number of ether oxygens (including phenoxy) is 2. The van der Waals surface area contributed by atoms with E-state index in [2.05, 4.69) is 14.9 Å². The topological polar surface area (TPSA) is 61.3 Å². The first kappa shape index (κ1) is 8.76. The van der Waals surface area contributed by atoms with Crippen LogP contribution in [0.5, 0.6) is 0 Å². The van der Waals surface area contributed by atoms with Gasteiger partial charge in [0.15, 0.2) is 4.34 Å². The van der Waals surface area contributed by atoms with Crippen LogP contribution < -0.4 is 0 Å². The number of aromatic nitrogens is 2. The van der Waals surface area contributed by atoms with Crippen molar-refractivity contribution in [3.8, 4) is 0 Å². The summed E-state index contributed by atoms with van der Waals surface area (Å²) >= 11 is 2.98. The van der Waals surface area contributed by atoms with Gasteiger partial charge < -0.3 is 9.47 Å². The van der Waals surface area contributed by atoms with Gasteiger partial charge in [0.1, 0.15) is 18.2 Å². The van der Waals surface area contributed by atoms with Gasteiger partial charge in [-0.05, 0) is 0 Å². The van der Waals surface area contributed by atoms with Gasteiger partial charge in [0, 0.05) is 5.75 Å². The summed E-state index contributed by atoms with van der Waals surface area (Å²) in [6.45, 7) is 0.338. The second-order valence-electron chi connectivity index (χ2n) is 2.32. The van der Waals surface area contributed by atoms with Crippen molar-refractivity contribution >= 4 is 29.3 Å².